The Balaban J connectivity index is 2.19. The predicted octanol–water partition coefficient (Wildman–Crippen LogP) is 1.38. The van der Waals surface area contributed by atoms with Gasteiger partial charge in [-0.05, 0) is 23.8 Å². The van der Waals surface area contributed by atoms with E-state index in [2.05, 4.69) is 15.4 Å². The average Bonchev–Trinajstić information content (AvgIpc) is 2.78. The Morgan fingerprint density at radius 2 is 1.88 bits per heavy atom. The second-order valence-corrected chi connectivity index (χ2v) is 5.59. The molecule has 0 aliphatic heterocycles. The molecule has 17 heavy (non-hydrogen) atoms. The standard InChI is InChI=1S/C11H11N3O2S/c1-17(15,16)11-6-3-9(4-7-11)2-5-10-8-12-14-13-10/h2-8H,1H3,(H,12,13,14). The molecule has 6 heteroatoms. The summed E-state index contributed by atoms with van der Waals surface area (Å²) < 4.78 is 22.5. The summed E-state index contributed by atoms with van der Waals surface area (Å²) in [6.45, 7) is 0. The van der Waals surface area contributed by atoms with Crippen molar-refractivity contribution in [2.24, 2.45) is 0 Å². The molecule has 1 heterocycles. The Bertz CT molecular complexity index is 613. The molecule has 0 spiro atoms. The predicted molar refractivity (Wildman–Crippen MR) is 64.9 cm³/mol. The van der Waals surface area contributed by atoms with E-state index in [1.807, 2.05) is 6.08 Å². The molecule has 1 N–H and O–H groups in total. The van der Waals surface area contributed by atoms with Crippen molar-refractivity contribution in [3.8, 4) is 0 Å². The monoisotopic (exact) mass is 249 g/mol. The molecule has 0 atom stereocenters. The fraction of sp³-hybridized carbons (Fsp3) is 0.0909. The van der Waals surface area contributed by atoms with Crippen LogP contribution >= 0.6 is 0 Å². The van der Waals surface area contributed by atoms with Crippen molar-refractivity contribution in [1.82, 2.24) is 15.4 Å². The molecule has 0 saturated heterocycles. The van der Waals surface area contributed by atoms with Crippen LogP contribution < -0.4 is 0 Å². The molecule has 0 fully saturated rings. The summed E-state index contributed by atoms with van der Waals surface area (Å²) in [5.74, 6) is 0. The molecular formula is C11H11N3O2S. The third kappa shape index (κ3) is 3.01. The first-order chi connectivity index (χ1) is 8.05. The van der Waals surface area contributed by atoms with E-state index in [0.717, 1.165) is 11.3 Å². The summed E-state index contributed by atoms with van der Waals surface area (Å²) in [6, 6.07) is 6.65. The summed E-state index contributed by atoms with van der Waals surface area (Å²) in [5, 5.41) is 10.0. The topological polar surface area (TPSA) is 75.7 Å². The van der Waals surface area contributed by atoms with Gasteiger partial charge in [-0.15, -0.1) is 0 Å². The van der Waals surface area contributed by atoms with Gasteiger partial charge in [0.15, 0.2) is 9.84 Å². The summed E-state index contributed by atoms with van der Waals surface area (Å²) >= 11 is 0. The Hall–Kier alpha value is -1.95. The lowest BCUT2D eigenvalue weighted by atomic mass is 10.2. The van der Waals surface area contributed by atoms with E-state index in [4.69, 9.17) is 0 Å². The number of rotatable bonds is 3. The third-order valence-electron chi connectivity index (χ3n) is 2.19. The molecule has 2 aromatic rings. The number of aromatic amines is 1. The molecule has 0 amide bonds. The van der Waals surface area contributed by atoms with Gasteiger partial charge in [0.2, 0.25) is 0 Å². The van der Waals surface area contributed by atoms with Crippen LogP contribution in [0.15, 0.2) is 35.4 Å². The fourth-order valence-corrected chi connectivity index (χ4v) is 1.93. The highest BCUT2D eigenvalue weighted by molar-refractivity contribution is 7.90. The largest absolute Gasteiger partial charge is 0.224 e. The minimum Gasteiger partial charge on any atom is -0.224 e. The van der Waals surface area contributed by atoms with Crippen LogP contribution in [0.25, 0.3) is 12.2 Å². The Labute approximate surface area is 99.1 Å². The van der Waals surface area contributed by atoms with Crippen molar-refractivity contribution in [1.29, 1.82) is 0 Å². The first-order valence-electron chi connectivity index (χ1n) is 4.90. The average molecular weight is 249 g/mol. The van der Waals surface area contributed by atoms with E-state index in [1.54, 1.807) is 36.5 Å². The number of sulfone groups is 1. The summed E-state index contributed by atoms with van der Waals surface area (Å²) in [4.78, 5) is 0.316. The molecule has 0 saturated carbocycles. The summed E-state index contributed by atoms with van der Waals surface area (Å²) in [7, 11) is -3.13. The molecule has 0 aliphatic carbocycles. The second-order valence-electron chi connectivity index (χ2n) is 3.57. The van der Waals surface area contributed by atoms with Crippen molar-refractivity contribution in [3.63, 3.8) is 0 Å². The van der Waals surface area contributed by atoms with Crippen LogP contribution in [-0.4, -0.2) is 30.1 Å². The van der Waals surface area contributed by atoms with Gasteiger partial charge < -0.3 is 0 Å². The highest BCUT2D eigenvalue weighted by Crippen LogP contribution is 2.12. The lowest BCUT2D eigenvalue weighted by Crippen LogP contribution is -1.95. The smallest absolute Gasteiger partial charge is 0.175 e. The maximum Gasteiger partial charge on any atom is 0.175 e. The molecule has 88 valence electrons. The highest BCUT2D eigenvalue weighted by Gasteiger charge is 2.04. The molecule has 0 bridgehead atoms. The lowest BCUT2D eigenvalue weighted by Gasteiger charge is -1.98. The summed E-state index contributed by atoms with van der Waals surface area (Å²) in [6.07, 6.45) is 6.41. The van der Waals surface area contributed by atoms with Gasteiger partial charge in [0.1, 0.15) is 5.69 Å². The van der Waals surface area contributed by atoms with Crippen LogP contribution in [0.3, 0.4) is 0 Å². The first kappa shape index (κ1) is 11.5. The van der Waals surface area contributed by atoms with Gasteiger partial charge in [0.05, 0.1) is 11.1 Å². The van der Waals surface area contributed by atoms with Gasteiger partial charge in [-0.25, -0.2) is 8.42 Å². The van der Waals surface area contributed by atoms with E-state index in [-0.39, 0.29) is 0 Å². The van der Waals surface area contributed by atoms with E-state index in [9.17, 15) is 8.42 Å². The van der Waals surface area contributed by atoms with Crippen LogP contribution in [0.5, 0.6) is 0 Å². The third-order valence-corrected chi connectivity index (χ3v) is 3.32. The molecule has 0 radical (unpaired) electrons. The molecule has 5 nitrogen and oxygen atoms in total. The van der Waals surface area contributed by atoms with Crippen LogP contribution in [0, 0.1) is 0 Å². The quantitative estimate of drug-likeness (QED) is 0.891. The van der Waals surface area contributed by atoms with Crippen molar-refractivity contribution in [2.75, 3.05) is 6.26 Å². The van der Waals surface area contributed by atoms with Gasteiger partial charge in [0, 0.05) is 6.26 Å². The van der Waals surface area contributed by atoms with Crippen LogP contribution in [-0.2, 0) is 9.84 Å². The zero-order chi connectivity index (χ0) is 12.3. The van der Waals surface area contributed by atoms with Crippen molar-refractivity contribution in [3.05, 3.63) is 41.7 Å². The molecular weight excluding hydrogens is 238 g/mol. The maximum atomic E-state index is 11.2. The van der Waals surface area contributed by atoms with Gasteiger partial charge in [-0.3, -0.25) is 0 Å². The van der Waals surface area contributed by atoms with E-state index in [0.29, 0.717) is 4.90 Å². The number of hydrogen-bond donors (Lipinski definition) is 1. The lowest BCUT2D eigenvalue weighted by molar-refractivity contribution is 0.602. The van der Waals surface area contributed by atoms with Crippen LogP contribution in [0.4, 0.5) is 0 Å². The number of hydrogen-bond acceptors (Lipinski definition) is 4. The van der Waals surface area contributed by atoms with Gasteiger partial charge in [0.25, 0.3) is 0 Å². The van der Waals surface area contributed by atoms with Crippen molar-refractivity contribution < 1.29 is 8.42 Å². The zero-order valence-corrected chi connectivity index (χ0v) is 9.98. The van der Waals surface area contributed by atoms with Crippen molar-refractivity contribution >= 4 is 22.0 Å². The Morgan fingerprint density at radius 1 is 1.18 bits per heavy atom. The second kappa shape index (κ2) is 4.50. The summed E-state index contributed by atoms with van der Waals surface area (Å²) in [5.41, 5.74) is 1.62. The Morgan fingerprint density at radius 3 is 2.41 bits per heavy atom. The number of nitrogens with one attached hydrogen (secondary N) is 1. The van der Waals surface area contributed by atoms with E-state index in [1.165, 1.54) is 6.26 Å². The van der Waals surface area contributed by atoms with E-state index < -0.39 is 9.84 Å². The maximum absolute atomic E-state index is 11.2. The minimum absolute atomic E-state index is 0.316. The molecule has 1 aromatic carbocycles. The first-order valence-corrected chi connectivity index (χ1v) is 6.79. The molecule has 1 aromatic heterocycles. The Kier molecular flexibility index (Phi) is 3.06. The highest BCUT2D eigenvalue weighted by atomic mass is 32.2. The normalized spacial score (nSPS) is 12.1. The number of nitrogens with zero attached hydrogens (tertiary/aromatic N) is 2. The van der Waals surface area contributed by atoms with Crippen molar-refractivity contribution in [2.45, 2.75) is 4.90 Å². The van der Waals surface area contributed by atoms with Gasteiger partial charge in [-0.1, -0.05) is 18.2 Å². The molecule has 0 unspecified atom stereocenters. The van der Waals surface area contributed by atoms with Gasteiger partial charge >= 0.3 is 0 Å². The minimum atomic E-state index is -3.13. The van der Waals surface area contributed by atoms with Crippen LogP contribution in [0.2, 0.25) is 0 Å². The molecule has 2 rings (SSSR count). The van der Waals surface area contributed by atoms with Gasteiger partial charge in [-0.2, -0.15) is 15.4 Å². The van der Waals surface area contributed by atoms with Crippen LogP contribution in [0.1, 0.15) is 11.3 Å². The number of benzene rings is 1. The van der Waals surface area contributed by atoms with E-state index >= 15 is 0 Å². The zero-order valence-electron chi connectivity index (χ0n) is 9.16. The SMILES string of the molecule is CS(=O)(=O)c1ccc(C=Cc2cn[nH]n2)cc1. The molecule has 0 aliphatic rings. The fourth-order valence-electron chi connectivity index (χ4n) is 1.30. The number of H-pyrrole nitrogens is 1. The number of aromatic nitrogens is 3.